The van der Waals surface area contributed by atoms with E-state index in [9.17, 15) is 29.8 Å². The number of ether oxygens (including phenoxy) is 3. The molecule has 0 bridgehead atoms. The van der Waals surface area contributed by atoms with E-state index in [0.717, 1.165) is 5.56 Å². The summed E-state index contributed by atoms with van der Waals surface area (Å²) in [5.41, 5.74) is 1.41. The summed E-state index contributed by atoms with van der Waals surface area (Å²) in [5, 5.41) is 13.2. The Morgan fingerprint density at radius 3 is 1.61 bits per heavy atom. The Hall–Kier alpha value is -4.98. The molecule has 2 N–H and O–H groups in total. The molecule has 0 fully saturated rings. The van der Waals surface area contributed by atoms with Crippen LogP contribution in [0.4, 0.5) is 0 Å². The van der Waals surface area contributed by atoms with Gasteiger partial charge in [0.15, 0.2) is 0 Å². The van der Waals surface area contributed by atoms with Crippen molar-refractivity contribution in [2.75, 3.05) is 7.11 Å². The van der Waals surface area contributed by atoms with Gasteiger partial charge in [-0.3, -0.25) is 4.55 Å². The van der Waals surface area contributed by atoms with Crippen molar-refractivity contribution in [2.24, 2.45) is 0 Å². The molecule has 0 amide bonds. The Balaban J connectivity index is 1.28. The second-order valence-corrected chi connectivity index (χ2v) is 17.7. The molecule has 54 heavy (non-hydrogen) atoms. The van der Waals surface area contributed by atoms with Crippen LogP contribution in [0.3, 0.4) is 0 Å². The van der Waals surface area contributed by atoms with Gasteiger partial charge in [-0.1, -0.05) is 34.9 Å². The minimum absolute atomic E-state index is 0.0278. The van der Waals surface area contributed by atoms with E-state index in [2.05, 4.69) is 9.37 Å². The molecule has 6 aromatic rings. The van der Waals surface area contributed by atoms with Crippen molar-refractivity contribution in [2.45, 2.75) is 42.9 Å². The van der Waals surface area contributed by atoms with Gasteiger partial charge in [0.05, 0.1) is 43.6 Å². The van der Waals surface area contributed by atoms with E-state index >= 15 is 0 Å². The fourth-order valence-corrected chi connectivity index (χ4v) is 8.89. The zero-order valence-electron chi connectivity index (χ0n) is 28.3. The van der Waals surface area contributed by atoms with Gasteiger partial charge < -0.3 is 14.2 Å². The fraction of sp³-hybridized carbons (Fsp3) is 0.0811. The van der Waals surface area contributed by atoms with Gasteiger partial charge in [0, 0.05) is 0 Å². The van der Waals surface area contributed by atoms with Gasteiger partial charge in [-0.25, -0.2) is 22.1 Å². The van der Waals surface area contributed by atoms with E-state index < -0.39 is 34.7 Å². The number of rotatable bonds is 14. The molecule has 0 spiro atoms. The highest BCUT2D eigenvalue weighted by molar-refractivity contribution is 7.94. The third-order valence-corrected chi connectivity index (χ3v) is 13.2. The summed E-state index contributed by atoms with van der Waals surface area (Å²) in [6.07, 6.45) is 0. The Morgan fingerprint density at radius 2 is 1.09 bits per heavy atom. The smallest absolute Gasteiger partial charge is 0.298 e. The third-order valence-electron chi connectivity index (χ3n) is 8.09. The largest absolute Gasteiger partial charge is 0.497 e. The van der Waals surface area contributed by atoms with Gasteiger partial charge in [-0.15, -0.1) is 4.33 Å². The van der Waals surface area contributed by atoms with Crippen LogP contribution in [0.5, 0.6) is 23.0 Å². The number of fused-ring (bicyclic) bond motifs is 1. The van der Waals surface area contributed by atoms with Gasteiger partial charge in [0.25, 0.3) is 10.1 Å². The number of hydrogen-bond acceptors (Lipinski definition) is 13. The summed E-state index contributed by atoms with van der Waals surface area (Å²) in [6.45, 7) is 1.65. The second-order valence-electron chi connectivity index (χ2n) is 11.6. The maximum atomic E-state index is 13.1. The lowest BCUT2D eigenvalue weighted by atomic mass is 10.1. The average molecular weight is 811 g/mol. The monoisotopic (exact) mass is 810 g/mol. The minimum atomic E-state index is -4.81. The van der Waals surface area contributed by atoms with Crippen LogP contribution in [0.15, 0.2) is 151 Å². The summed E-state index contributed by atoms with van der Waals surface area (Å²) in [6, 6.07) is 29.4. The maximum absolute atomic E-state index is 13.1. The number of methoxy groups -OCH3 is 1. The molecule has 0 aromatic heterocycles. The number of aryl methyl sites for hydroxylation is 1. The Morgan fingerprint density at radius 1 is 0.611 bits per heavy atom. The van der Waals surface area contributed by atoms with Gasteiger partial charge in [0.1, 0.15) is 34.5 Å². The summed E-state index contributed by atoms with van der Waals surface area (Å²) in [7, 11) is -11.0. The highest BCUT2D eigenvalue weighted by atomic mass is 32.2. The Kier molecular flexibility index (Phi) is 11.3. The van der Waals surface area contributed by atoms with E-state index in [-0.39, 0.29) is 48.3 Å². The van der Waals surface area contributed by atoms with Gasteiger partial charge in [0.2, 0.25) is 19.7 Å². The van der Waals surface area contributed by atoms with Gasteiger partial charge in [-0.05, 0) is 120 Å². The topological polar surface area (TPSA) is 189 Å². The van der Waals surface area contributed by atoms with Crippen LogP contribution in [-0.4, -0.2) is 42.2 Å². The van der Waals surface area contributed by atoms with Crippen LogP contribution in [0.2, 0.25) is 0 Å². The van der Waals surface area contributed by atoms with Crippen LogP contribution >= 0.6 is 12.0 Å². The highest BCUT2D eigenvalue weighted by Gasteiger charge is 2.22. The van der Waals surface area contributed by atoms with Crippen molar-refractivity contribution in [3.8, 4) is 23.0 Å². The molecule has 0 radical (unpaired) electrons. The van der Waals surface area contributed by atoms with Crippen LogP contribution in [0.1, 0.15) is 11.1 Å². The predicted octanol–water partition coefficient (Wildman–Crippen LogP) is 7.87. The normalized spacial score (nSPS) is 12.1. The standard InChI is InChI=1S/C37H30O13S4/c1-24-3-11-30(12-4-24)52(39,40)33-17-9-29(10-18-33)48-34-19-26-20-35(37(54(43,44)45)22-27(26)21-36(34)51-50-49-38)47-23-25-5-13-31(14-6-25)53(41,42)32-15-7-28(46-2)8-16-32/h3-22,38H,23H2,1-2H3,(H,43,44,45). The first kappa shape index (κ1) is 38.7. The first-order valence-electron chi connectivity index (χ1n) is 15.6. The Labute approximate surface area is 315 Å². The van der Waals surface area contributed by atoms with Crippen LogP contribution < -0.4 is 14.2 Å². The summed E-state index contributed by atoms with van der Waals surface area (Å²) >= 11 is 0.530. The first-order chi connectivity index (χ1) is 25.7. The SMILES string of the molecule is COc1ccc(S(=O)(=O)c2ccc(COc3cc4cc(Oc5ccc(S(=O)(=O)c6ccc(C)cc6)cc5)c(SOOO)cc4cc3S(=O)(=O)O)cc2)cc1. The molecule has 6 aromatic carbocycles. The van der Waals surface area contributed by atoms with Gasteiger partial charge in [-0.2, -0.15) is 8.42 Å². The van der Waals surface area contributed by atoms with E-state index in [4.69, 9.17) is 19.5 Å². The molecule has 0 unspecified atom stereocenters. The van der Waals surface area contributed by atoms with Crippen molar-refractivity contribution in [3.63, 3.8) is 0 Å². The highest BCUT2D eigenvalue weighted by Crippen LogP contribution is 2.40. The Bertz CT molecular complexity index is 2630. The summed E-state index contributed by atoms with van der Waals surface area (Å²) in [5.74, 6) is 0.657. The molecule has 0 heterocycles. The quantitative estimate of drug-likeness (QED) is 0.0468. The van der Waals surface area contributed by atoms with Crippen LogP contribution in [0, 0.1) is 6.92 Å². The molecule has 280 valence electrons. The van der Waals surface area contributed by atoms with Crippen molar-refractivity contribution in [3.05, 3.63) is 132 Å². The average Bonchev–Trinajstić information content (AvgIpc) is 3.16. The molecular formula is C37H30O13S4. The van der Waals surface area contributed by atoms with E-state index in [1.807, 2.05) is 6.92 Å². The minimum Gasteiger partial charge on any atom is -0.497 e. The number of hydrogen-bond donors (Lipinski definition) is 2. The fourth-order valence-electron chi connectivity index (χ4n) is 5.26. The first-order valence-corrected chi connectivity index (χ1v) is 20.8. The molecule has 0 saturated carbocycles. The van der Waals surface area contributed by atoms with E-state index in [0.29, 0.717) is 34.1 Å². The lowest BCUT2D eigenvalue weighted by molar-refractivity contribution is -0.432. The third kappa shape index (κ3) is 8.53. The molecule has 0 aliphatic rings. The van der Waals surface area contributed by atoms with Crippen LogP contribution in [-0.2, 0) is 45.8 Å². The van der Waals surface area contributed by atoms with Crippen molar-refractivity contribution < 1.29 is 58.6 Å². The zero-order valence-corrected chi connectivity index (χ0v) is 31.5. The van der Waals surface area contributed by atoms with Crippen molar-refractivity contribution >= 4 is 52.6 Å². The summed E-state index contributed by atoms with van der Waals surface area (Å²) in [4.78, 5) is -0.0784. The van der Waals surface area contributed by atoms with E-state index in [1.54, 1.807) is 12.1 Å². The predicted molar refractivity (Wildman–Crippen MR) is 197 cm³/mol. The zero-order chi connectivity index (χ0) is 38.7. The van der Waals surface area contributed by atoms with E-state index in [1.165, 1.54) is 116 Å². The van der Waals surface area contributed by atoms with Crippen molar-refractivity contribution in [1.29, 1.82) is 0 Å². The van der Waals surface area contributed by atoms with Gasteiger partial charge >= 0.3 is 0 Å². The van der Waals surface area contributed by atoms with Crippen LogP contribution in [0.25, 0.3) is 10.8 Å². The molecular weight excluding hydrogens is 781 g/mol. The molecule has 0 saturated heterocycles. The molecule has 6 rings (SSSR count). The lowest BCUT2D eigenvalue weighted by Gasteiger charge is -2.15. The number of benzene rings is 6. The maximum Gasteiger partial charge on any atom is 0.298 e. The lowest BCUT2D eigenvalue weighted by Crippen LogP contribution is -2.05. The summed E-state index contributed by atoms with van der Waals surface area (Å²) < 4.78 is 109. The molecule has 0 atom stereocenters. The molecule has 0 aliphatic heterocycles. The molecule has 13 nitrogen and oxygen atoms in total. The number of sulfone groups is 2. The molecule has 0 aliphatic carbocycles. The molecule has 17 heteroatoms. The second kappa shape index (κ2) is 15.8. The van der Waals surface area contributed by atoms with Crippen molar-refractivity contribution in [1.82, 2.24) is 0 Å².